The molecule has 86 valence electrons. The van der Waals surface area contributed by atoms with Crippen molar-refractivity contribution < 1.29 is 14.4 Å². The molecular formula is C9H17N3O3. The van der Waals surface area contributed by atoms with Crippen molar-refractivity contribution >= 4 is 17.7 Å². The molecule has 0 bridgehead atoms. The van der Waals surface area contributed by atoms with Crippen LogP contribution in [0.3, 0.4) is 0 Å². The van der Waals surface area contributed by atoms with Gasteiger partial charge in [-0.3, -0.25) is 14.4 Å². The number of hydrogen-bond acceptors (Lipinski definition) is 3. The van der Waals surface area contributed by atoms with Gasteiger partial charge in [-0.05, 0) is 0 Å². The number of hydrogen-bond donors (Lipinski definition) is 3. The minimum Gasteiger partial charge on any atom is -0.370 e. The van der Waals surface area contributed by atoms with E-state index < -0.39 is 23.3 Å². The van der Waals surface area contributed by atoms with Gasteiger partial charge in [0.15, 0.2) is 0 Å². The van der Waals surface area contributed by atoms with Gasteiger partial charge in [0.2, 0.25) is 17.7 Å². The largest absolute Gasteiger partial charge is 0.370 e. The summed E-state index contributed by atoms with van der Waals surface area (Å²) in [6, 6.07) is -1.03. The second kappa shape index (κ2) is 4.77. The first kappa shape index (κ1) is 13.4. The predicted molar refractivity (Wildman–Crippen MR) is 54.4 cm³/mol. The molecule has 0 unspecified atom stereocenters. The molecule has 0 aromatic rings. The maximum Gasteiger partial charge on any atom is 0.240 e. The normalized spacial score (nSPS) is 13.0. The van der Waals surface area contributed by atoms with E-state index in [1.165, 1.54) is 0 Å². The third-order valence-electron chi connectivity index (χ3n) is 1.74. The summed E-state index contributed by atoms with van der Waals surface area (Å²) in [4.78, 5) is 33.0. The first-order chi connectivity index (χ1) is 6.64. The molecule has 0 saturated heterocycles. The van der Waals surface area contributed by atoms with Gasteiger partial charge in [-0.25, -0.2) is 0 Å². The van der Waals surface area contributed by atoms with E-state index in [0.29, 0.717) is 0 Å². The lowest BCUT2D eigenvalue weighted by Gasteiger charge is -2.21. The SMILES string of the molecule is CC(C)(C)C(=O)N[C@@H](CC(N)=O)C(N)=O. The standard InChI is InChI=1S/C9H17N3O3/c1-9(2,3)8(15)12-5(7(11)14)4-6(10)13/h5H,4H2,1-3H3,(H2,10,13)(H2,11,14)(H,12,15)/t5-/m0/s1. The van der Waals surface area contributed by atoms with Crippen LogP contribution in [0.15, 0.2) is 0 Å². The predicted octanol–water partition coefficient (Wildman–Crippen LogP) is -1.12. The summed E-state index contributed by atoms with van der Waals surface area (Å²) < 4.78 is 0. The first-order valence-electron chi connectivity index (χ1n) is 4.53. The van der Waals surface area contributed by atoms with Crippen molar-refractivity contribution in [1.82, 2.24) is 5.32 Å². The molecule has 0 aliphatic heterocycles. The zero-order valence-electron chi connectivity index (χ0n) is 9.16. The van der Waals surface area contributed by atoms with Gasteiger partial charge >= 0.3 is 0 Å². The van der Waals surface area contributed by atoms with Crippen LogP contribution >= 0.6 is 0 Å². The Morgan fingerprint density at radius 3 is 1.93 bits per heavy atom. The number of carbonyl (C=O) groups is 3. The summed E-state index contributed by atoms with van der Waals surface area (Å²) >= 11 is 0. The Bertz CT molecular complexity index is 281. The molecule has 0 fully saturated rings. The second-order valence-electron chi connectivity index (χ2n) is 4.35. The van der Waals surface area contributed by atoms with Crippen LogP contribution in [-0.2, 0) is 14.4 Å². The topological polar surface area (TPSA) is 115 Å². The van der Waals surface area contributed by atoms with E-state index in [9.17, 15) is 14.4 Å². The molecule has 0 rings (SSSR count). The maximum absolute atomic E-state index is 11.5. The number of carbonyl (C=O) groups excluding carboxylic acids is 3. The summed E-state index contributed by atoms with van der Waals surface area (Å²) in [5.41, 5.74) is 9.29. The maximum atomic E-state index is 11.5. The van der Waals surface area contributed by atoms with E-state index >= 15 is 0 Å². The average Bonchev–Trinajstić information content (AvgIpc) is 1.99. The van der Waals surface area contributed by atoms with Crippen molar-refractivity contribution in [2.24, 2.45) is 16.9 Å². The average molecular weight is 215 g/mol. The Morgan fingerprint density at radius 1 is 1.20 bits per heavy atom. The molecule has 0 spiro atoms. The molecule has 0 saturated carbocycles. The van der Waals surface area contributed by atoms with Gasteiger partial charge in [0.25, 0.3) is 0 Å². The highest BCUT2D eigenvalue weighted by Crippen LogP contribution is 2.13. The molecule has 0 aromatic heterocycles. The second-order valence-corrected chi connectivity index (χ2v) is 4.35. The summed E-state index contributed by atoms with van der Waals surface area (Å²) in [5.74, 6) is -1.81. The fourth-order valence-electron chi connectivity index (χ4n) is 0.799. The minimum absolute atomic E-state index is 0.281. The molecule has 1 atom stereocenters. The van der Waals surface area contributed by atoms with Crippen molar-refractivity contribution in [1.29, 1.82) is 0 Å². The van der Waals surface area contributed by atoms with Crippen molar-refractivity contribution in [2.75, 3.05) is 0 Å². The van der Waals surface area contributed by atoms with Crippen LogP contribution in [-0.4, -0.2) is 23.8 Å². The van der Waals surface area contributed by atoms with E-state index in [1.54, 1.807) is 20.8 Å². The minimum atomic E-state index is -1.03. The highest BCUT2D eigenvalue weighted by Gasteiger charge is 2.27. The fraction of sp³-hybridized carbons (Fsp3) is 0.667. The lowest BCUT2D eigenvalue weighted by molar-refractivity contribution is -0.133. The van der Waals surface area contributed by atoms with Gasteiger partial charge in [-0.15, -0.1) is 0 Å². The van der Waals surface area contributed by atoms with Crippen LogP contribution in [0.1, 0.15) is 27.2 Å². The number of primary amides is 2. The number of nitrogens with two attached hydrogens (primary N) is 2. The quantitative estimate of drug-likeness (QED) is 0.551. The van der Waals surface area contributed by atoms with Crippen molar-refractivity contribution in [3.8, 4) is 0 Å². The van der Waals surface area contributed by atoms with Gasteiger partial charge in [-0.2, -0.15) is 0 Å². The Labute approximate surface area is 88.4 Å². The highest BCUT2D eigenvalue weighted by molar-refractivity contribution is 5.92. The lowest BCUT2D eigenvalue weighted by atomic mass is 9.95. The Kier molecular flexibility index (Phi) is 4.26. The number of nitrogens with one attached hydrogen (secondary N) is 1. The first-order valence-corrected chi connectivity index (χ1v) is 4.53. The van der Waals surface area contributed by atoms with Crippen LogP contribution in [0.5, 0.6) is 0 Å². The number of rotatable bonds is 4. The zero-order chi connectivity index (χ0) is 12.2. The highest BCUT2D eigenvalue weighted by atomic mass is 16.2. The molecule has 6 heteroatoms. The molecule has 6 nitrogen and oxygen atoms in total. The third kappa shape index (κ3) is 4.99. The Morgan fingerprint density at radius 2 is 1.67 bits per heavy atom. The van der Waals surface area contributed by atoms with Crippen LogP contribution in [0, 0.1) is 5.41 Å². The molecule has 0 radical (unpaired) electrons. The van der Waals surface area contributed by atoms with Crippen molar-refractivity contribution in [3.63, 3.8) is 0 Å². The van der Waals surface area contributed by atoms with Gasteiger partial charge < -0.3 is 16.8 Å². The van der Waals surface area contributed by atoms with E-state index in [0.717, 1.165) is 0 Å². The van der Waals surface area contributed by atoms with Crippen molar-refractivity contribution in [3.05, 3.63) is 0 Å². The molecule has 0 aliphatic carbocycles. The van der Waals surface area contributed by atoms with E-state index in [2.05, 4.69) is 5.32 Å². The van der Waals surface area contributed by atoms with Crippen LogP contribution in [0.25, 0.3) is 0 Å². The van der Waals surface area contributed by atoms with Gasteiger partial charge in [0.05, 0.1) is 6.42 Å². The molecular weight excluding hydrogens is 198 g/mol. The molecule has 0 aliphatic rings. The smallest absolute Gasteiger partial charge is 0.240 e. The summed E-state index contributed by atoms with van der Waals surface area (Å²) in [6.07, 6.45) is -0.281. The molecule has 0 aromatic carbocycles. The molecule has 5 N–H and O–H groups in total. The summed E-state index contributed by atoms with van der Waals surface area (Å²) in [5, 5.41) is 2.37. The number of amides is 3. The molecule has 15 heavy (non-hydrogen) atoms. The van der Waals surface area contributed by atoms with Crippen LogP contribution < -0.4 is 16.8 Å². The molecule has 3 amide bonds. The fourth-order valence-corrected chi connectivity index (χ4v) is 0.799. The van der Waals surface area contributed by atoms with Gasteiger partial charge in [0.1, 0.15) is 6.04 Å². The summed E-state index contributed by atoms with van der Waals surface area (Å²) in [6.45, 7) is 5.06. The Hall–Kier alpha value is -1.59. The summed E-state index contributed by atoms with van der Waals surface area (Å²) in [7, 11) is 0. The zero-order valence-corrected chi connectivity index (χ0v) is 9.16. The third-order valence-corrected chi connectivity index (χ3v) is 1.74. The van der Waals surface area contributed by atoms with E-state index in [4.69, 9.17) is 11.5 Å². The van der Waals surface area contributed by atoms with E-state index in [1.807, 2.05) is 0 Å². The monoisotopic (exact) mass is 215 g/mol. The van der Waals surface area contributed by atoms with E-state index in [-0.39, 0.29) is 12.3 Å². The van der Waals surface area contributed by atoms with Crippen molar-refractivity contribution in [2.45, 2.75) is 33.2 Å². The van der Waals surface area contributed by atoms with Crippen LogP contribution in [0.4, 0.5) is 0 Å². The molecule has 0 heterocycles. The van der Waals surface area contributed by atoms with Gasteiger partial charge in [0, 0.05) is 5.41 Å². The lowest BCUT2D eigenvalue weighted by Crippen LogP contribution is -2.49. The van der Waals surface area contributed by atoms with Gasteiger partial charge in [-0.1, -0.05) is 20.8 Å². The van der Waals surface area contributed by atoms with Crippen LogP contribution in [0.2, 0.25) is 0 Å². The Balaban J connectivity index is 4.50.